The molecule has 4 fully saturated rings. The van der Waals surface area contributed by atoms with Crippen LogP contribution in [-0.2, 0) is 9.59 Å². The van der Waals surface area contributed by atoms with Crippen molar-refractivity contribution in [3.8, 4) is 5.75 Å². The molecule has 0 unspecified atom stereocenters. The molecule has 7 nitrogen and oxygen atoms in total. The minimum absolute atomic E-state index is 0.0225. The minimum atomic E-state index is -2.25. The zero-order chi connectivity index (χ0) is 28.8. The second kappa shape index (κ2) is 8.79. The normalized spacial score (nSPS) is 43.4. The smallest absolute Gasteiger partial charge is 0.254 e. The fourth-order valence-corrected chi connectivity index (χ4v) is 9.52. The lowest BCUT2D eigenvalue weighted by Gasteiger charge is -2.63. The Hall–Kier alpha value is -2.91. The number of Topliss-reactive ketones (excluding diaryl/α,β-unsaturated/α-hetero) is 1. The molecule has 3 saturated carbocycles. The molecule has 5 aliphatic rings. The number of carbonyl (C=O) groups is 3. The highest BCUT2D eigenvalue weighted by molar-refractivity contribution is 6.01. The van der Waals surface area contributed by atoms with Crippen LogP contribution in [0.15, 0.2) is 48.1 Å². The van der Waals surface area contributed by atoms with E-state index in [9.17, 15) is 24.6 Å². The van der Waals surface area contributed by atoms with Crippen molar-refractivity contribution in [1.82, 2.24) is 4.90 Å². The first kappa shape index (κ1) is 27.3. The summed E-state index contributed by atoms with van der Waals surface area (Å²) in [5.41, 5.74) is -5.52. The first-order valence-electron chi connectivity index (χ1n) is 13.9. The summed E-state index contributed by atoms with van der Waals surface area (Å²) in [6, 6.07) is 6.73. The zero-order valence-corrected chi connectivity index (χ0v) is 22.9. The van der Waals surface area contributed by atoms with Crippen molar-refractivity contribution in [3.05, 3.63) is 53.6 Å². The highest BCUT2D eigenvalue weighted by Crippen LogP contribution is 2.74. The van der Waals surface area contributed by atoms with Gasteiger partial charge < -0.3 is 19.8 Å². The van der Waals surface area contributed by atoms with Gasteiger partial charge in [0.1, 0.15) is 18.5 Å². The Labute approximate surface area is 231 Å². The lowest BCUT2D eigenvalue weighted by atomic mass is 9.43. The lowest BCUT2D eigenvalue weighted by Crippen LogP contribution is -2.69. The van der Waals surface area contributed by atoms with Gasteiger partial charge in [0.25, 0.3) is 5.91 Å². The number of amides is 1. The van der Waals surface area contributed by atoms with Crippen molar-refractivity contribution < 1.29 is 38.1 Å². The van der Waals surface area contributed by atoms with Gasteiger partial charge in [0.15, 0.2) is 17.2 Å². The first-order chi connectivity index (χ1) is 18.9. The van der Waals surface area contributed by atoms with E-state index in [1.165, 1.54) is 19.3 Å². The molecular formula is C31H35F2NO6. The number of ketones is 2. The standard InChI is InChI=1S/C31H35F2NO6/c1-28-8-7-19(36)11-23(28)24(32)12-22-21-10-18-14-34(27(39)17-5-4-6-20(9-17)40-3)16-30(18,26(38)15-35)29(21,2)13-25(37)31(22,28)33/h4-9,11,18,21-22,24-25,35,37H,10,12-16H2,1-3H3/t18-,21-,22-,24-,25-,28-,29-,30+,31-/m0/s1. The van der Waals surface area contributed by atoms with E-state index in [1.807, 2.05) is 6.92 Å². The van der Waals surface area contributed by atoms with Crippen molar-refractivity contribution in [2.24, 2.45) is 34.0 Å². The Kier molecular flexibility index (Phi) is 5.99. The summed E-state index contributed by atoms with van der Waals surface area (Å²) in [4.78, 5) is 41.0. The molecule has 0 spiro atoms. The highest BCUT2D eigenvalue weighted by Gasteiger charge is 2.78. The number of ether oxygens (including phenoxy) is 1. The fraction of sp³-hybridized carbons (Fsp3) is 0.581. The fourth-order valence-electron chi connectivity index (χ4n) is 9.52. The number of nitrogens with zero attached hydrogens (tertiary/aromatic N) is 1. The number of fused-ring (bicyclic) bond motifs is 7. The molecule has 0 bridgehead atoms. The van der Waals surface area contributed by atoms with Gasteiger partial charge in [-0.1, -0.05) is 19.1 Å². The molecule has 4 aliphatic carbocycles. The summed E-state index contributed by atoms with van der Waals surface area (Å²) < 4.78 is 38.5. The average molecular weight is 556 g/mol. The van der Waals surface area contributed by atoms with E-state index in [-0.39, 0.29) is 37.4 Å². The summed E-state index contributed by atoms with van der Waals surface area (Å²) in [7, 11) is 1.51. The summed E-state index contributed by atoms with van der Waals surface area (Å²) >= 11 is 0. The van der Waals surface area contributed by atoms with Gasteiger partial charge in [-0.25, -0.2) is 8.78 Å². The van der Waals surface area contributed by atoms with E-state index in [1.54, 1.807) is 36.1 Å². The van der Waals surface area contributed by atoms with Crippen LogP contribution in [0.25, 0.3) is 0 Å². The van der Waals surface area contributed by atoms with E-state index < -0.39 is 70.1 Å². The molecule has 0 radical (unpaired) electrons. The number of likely N-dealkylation sites (tertiary alicyclic amines) is 1. The largest absolute Gasteiger partial charge is 0.497 e. The number of rotatable bonds is 4. The quantitative estimate of drug-likeness (QED) is 0.591. The van der Waals surface area contributed by atoms with Gasteiger partial charge in [-0.2, -0.15) is 0 Å². The zero-order valence-electron chi connectivity index (χ0n) is 22.9. The van der Waals surface area contributed by atoms with Gasteiger partial charge in [0, 0.05) is 30.0 Å². The van der Waals surface area contributed by atoms with Gasteiger partial charge in [0.05, 0.1) is 18.6 Å². The SMILES string of the molecule is COc1cccc(C(=O)N2C[C@@H]3C[C@H]4[C@@H]5C[C@H](F)C6=CC(=O)C=C[C@]6(C)[C@@]5(F)[C@@H](O)C[C@]4(C)[C@]3(C(=O)CO)C2)c1. The summed E-state index contributed by atoms with van der Waals surface area (Å²) in [5.74, 6) is -2.40. The van der Waals surface area contributed by atoms with Gasteiger partial charge in [0.2, 0.25) is 0 Å². The molecule has 9 heteroatoms. The predicted octanol–water partition coefficient (Wildman–Crippen LogP) is 3.24. The maximum absolute atomic E-state index is 17.5. The number of allylic oxidation sites excluding steroid dienone is 4. The molecular weight excluding hydrogens is 520 g/mol. The van der Waals surface area contributed by atoms with E-state index >= 15 is 8.78 Å². The molecule has 1 heterocycles. The van der Waals surface area contributed by atoms with Crippen LogP contribution in [0.5, 0.6) is 5.75 Å². The third-order valence-electron chi connectivity index (χ3n) is 11.4. The highest BCUT2D eigenvalue weighted by atomic mass is 19.1. The van der Waals surface area contributed by atoms with E-state index in [2.05, 4.69) is 0 Å². The number of hydrogen-bond donors (Lipinski definition) is 2. The number of methoxy groups -OCH3 is 1. The molecule has 1 amide bonds. The molecule has 214 valence electrons. The van der Waals surface area contributed by atoms with Gasteiger partial charge in [-0.3, -0.25) is 14.4 Å². The van der Waals surface area contributed by atoms with Crippen LogP contribution in [0.3, 0.4) is 0 Å². The number of aliphatic hydroxyl groups excluding tert-OH is 2. The lowest BCUT2D eigenvalue weighted by molar-refractivity contribution is -0.211. The van der Waals surface area contributed by atoms with Crippen molar-refractivity contribution in [1.29, 1.82) is 0 Å². The predicted molar refractivity (Wildman–Crippen MR) is 141 cm³/mol. The Morgan fingerprint density at radius 3 is 2.65 bits per heavy atom. The number of aliphatic hydroxyl groups is 2. The second-order valence-electron chi connectivity index (χ2n) is 12.8. The Morgan fingerprint density at radius 1 is 1.20 bits per heavy atom. The molecule has 2 N–H and O–H groups in total. The molecule has 0 aromatic heterocycles. The number of carbonyl (C=O) groups excluding carboxylic acids is 3. The third kappa shape index (κ3) is 3.19. The second-order valence-corrected chi connectivity index (χ2v) is 12.8. The molecule has 1 aromatic rings. The van der Waals surface area contributed by atoms with Crippen molar-refractivity contribution in [2.75, 3.05) is 26.8 Å². The van der Waals surface area contributed by atoms with Gasteiger partial charge in [-0.15, -0.1) is 0 Å². The summed E-state index contributed by atoms with van der Waals surface area (Å²) in [5, 5.41) is 21.8. The monoisotopic (exact) mass is 555 g/mol. The third-order valence-corrected chi connectivity index (χ3v) is 11.4. The minimum Gasteiger partial charge on any atom is -0.497 e. The van der Waals surface area contributed by atoms with Gasteiger partial charge >= 0.3 is 0 Å². The topological polar surface area (TPSA) is 104 Å². The number of benzene rings is 1. The Balaban J connectivity index is 1.41. The van der Waals surface area contributed by atoms with E-state index in [4.69, 9.17) is 4.74 Å². The van der Waals surface area contributed by atoms with Crippen LogP contribution in [-0.4, -0.2) is 77.3 Å². The molecule has 6 rings (SSSR count). The van der Waals surface area contributed by atoms with E-state index in [0.717, 1.165) is 6.08 Å². The van der Waals surface area contributed by atoms with Crippen LogP contribution >= 0.6 is 0 Å². The van der Waals surface area contributed by atoms with E-state index in [0.29, 0.717) is 17.7 Å². The van der Waals surface area contributed by atoms with Gasteiger partial charge in [-0.05, 0) is 79.4 Å². The average Bonchev–Trinajstić information content (AvgIpc) is 3.44. The molecule has 1 aromatic carbocycles. The molecule has 40 heavy (non-hydrogen) atoms. The summed E-state index contributed by atoms with van der Waals surface area (Å²) in [6.45, 7) is 2.89. The maximum atomic E-state index is 17.5. The number of hydrogen-bond acceptors (Lipinski definition) is 6. The van der Waals surface area contributed by atoms with Crippen LogP contribution in [0.4, 0.5) is 8.78 Å². The maximum Gasteiger partial charge on any atom is 0.254 e. The molecule has 1 saturated heterocycles. The van der Waals surface area contributed by atoms with Crippen LogP contribution in [0, 0.1) is 34.0 Å². The van der Waals surface area contributed by atoms with Crippen molar-refractivity contribution in [2.45, 2.75) is 51.1 Å². The van der Waals surface area contributed by atoms with Crippen LogP contribution < -0.4 is 4.74 Å². The first-order valence-corrected chi connectivity index (χ1v) is 13.9. The Morgan fingerprint density at radius 2 is 1.95 bits per heavy atom. The van der Waals surface area contributed by atoms with Crippen molar-refractivity contribution >= 4 is 17.5 Å². The van der Waals surface area contributed by atoms with Crippen molar-refractivity contribution in [3.63, 3.8) is 0 Å². The number of halogens is 2. The van der Waals surface area contributed by atoms with Crippen LogP contribution in [0.2, 0.25) is 0 Å². The summed E-state index contributed by atoms with van der Waals surface area (Å²) in [6.07, 6.45) is 0.731. The van der Waals surface area contributed by atoms with Crippen LogP contribution in [0.1, 0.15) is 43.5 Å². The Bertz CT molecular complexity index is 1360. The molecule has 1 aliphatic heterocycles. The molecule has 9 atom stereocenters. The number of alkyl halides is 2.